The topological polar surface area (TPSA) is 72.9 Å². The van der Waals surface area contributed by atoms with Gasteiger partial charge in [-0.2, -0.15) is 0 Å². The first-order valence-corrected chi connectivity index (χ1v) is 5.98. The molecule has 0 aliphatic rings. The van der Waals surface area contributed by atoms with Gasteiger partial charge in [0.05, 0.1) is 12.0 Å². The zero-order chi connectivity index (χ0) is 12.9. The minimum absolute atomic E-state index is 0.290. The smallest absolute Gasteiger partial charge is 0.224 e. The van der Waals surface area contributed by atoms with Crippen LogP contribution < -0.4 is 11.1 Å². The Morgan fingerprint density at radius 2 is 2.29 bits per heavy atom. The number of aromatic nitrogens is 2. The van der Waals surface area contributed by atoms with Crippen molar-refractivity contribution in [1.82, 2.24) is 14.9 Å². The maximum absolute atomic E-state index is 11.1. The normalized spacial score (nSPS) is 11.7. The molecule has 5 nitrogen and oxygen atoms in total. The summed E-state index contributed by atoms with van der Waals surface area (Å²) in [5.41, 5.74) is 4.78. The number of carbonyl (C=O) groups is 1. The summed E-state index contributed by atoms with van der Waals surface area (Å²) in [7, 11) is 0. The number of imidazole rings is 1. The van der Waals surface area contributed by atoms with Gasteiger partial charge in [0, 0.05) is 25.5 Å². The lowest BCUT2D eigenvalue weighted by molar-refractivity contribution is -0.125. The van der Waals surface area contributed by atoms with Crippen molar-refractivity contribution < 1.29 is 4.79 Å². The summed E-state index contributed by atoms with van der Waals surface area (Å²) in [5.74, 6) is 0.703. The van der Waals surface area contributed by atoms with Crippen LogP contribution in [-0.2, 0) is 17.9 Å². The number of aryl methyl sites for hydroxylation is 1. The third-order valence-corrected chi connectivity index (χ3v) is 2.78. The molecule has 0 fully saturated rings. The maximum Gasteiger partial charge on any atom is 0.224 e. The number of rotatable bonds is 7. The number of hydrogen-bond donors (Lipinski definition) is 2. The Morgan fingerprint density at radius 1 is 1.59 bits per heavy atom. The van der Waals surface area contributed by atoms with Gasteiger partial charge in [-0.1, -0.05) is 6.92 Å². The SMILES string of the molecule is CCCn1ccnc1CNCC(C)(C)C(N)=O. The number of amides is 1. The number of nitrogens with two attached hydrogens (primary N) is 1. The van der Waals surface area contributed by atoms with Crippen LogP contribution >= 0.6 is 0 Å². The van der Waals surface area contributed by atoms with Crippen LogP contribution in [0.5, 0.6) is 0 Å². The molecule has 0 radical (unpaired) electrons. The van der Waals surface area contributed by atoms with E-state index in [1.807, 2.05) is 20.0 Å². The van der Waals surface area contributed by atoms with Crippen LogP contribution in [0.15, 0.2) is 12.4 Å². The second-order valence-electron chi connectivity index (χ2n) is 4.89. The lowest BCUT2D eigenvalue weighted by Gasteiger charge is -2.20. The predicted molar refractivity (Wildman–Crippen MR) is 67.2 cm³/mol. The van der Waals surface area contributed by atoms with Crippen molar-refractivity contribution in [3.8, 4) is 0 Å². The van der Waals surface area contributed by atoms with E-state index in [9.17, 15) is 4.79 Å². The summed E-state index contributed by atoms with van der Waals surface area (Å²) in [4.78, 5) is 15.4. The fourth-order valence-electron chi connectivity index (χ4n) is 1.53. The molecule has 1 heterocycles. The quantitative estimate of drug-likeness (QED) is 0.741. The van der Waals surface area contributed by atoms with E-state index in [4.69, 9.17) is 5.73 Å². The number of carbonyl (C=O) groups excluding carboxylic acids is 1. The third-order valence-electron chi connectivity index (χ3n) is 2.78. The molecule has 1 amide bonds. The lowest BCUT2D eigenvalue weighted by atomic mass is 9.93. The number of nitrogens with zero attached hydrogens (tertiary/aromatic N) is 2. The van der Waals surface area contributed by atoms with Gasteiger partial charge < -0.3 is 15.6 Å². The zero-order valence-electron chi connectivity index (χ0n) is 10.9. The number of primary amides is 1. The van der Waals surface area contributed by atoms with Crippen LogP contribution in [0.4, 0.5) is 0 Å². The molecular weight excluding hydrogens is 216 g/mol. The van der Waals surface area contributed by atoms with Gasteiger partial charge in [0.2, 0.25) is 5.91 Å². The molecule has 0 bridgehead atoms. The van der Waals surface area contributed by atoms with Crippen molar-refractivity contribution in [2.24, 2.45) is 11.1 Å². The van der Waals surface area contributed by atoms with Gasteiger partial charge in [-0.3, -0.25) is 4.79 Å². The molecule has 5 heteroatoms. The Bertz CT molecular complexity index is 370. The molecule has 1 rings (SSSR count). The minimum atomic E-state index is -0.526. The van der Waals surface area contributed by atoms with Crippen LogP contribution in [-0.4, -0.2) is 22.0 Å². The highest BCUT2D eigenvalue weighted by Gasteiger charge is 2.24. The molecule has 0 aliphatic carbocycles. The standard InChI is InChI=1S/C12H22N4O/c1-4-6-16-7-5-15-10(16)8-14-9-12(2,3)11(13)17/h5,7,14H,4,6,8-9H2,1-3H3,(H2,13,17). The number of hydrogen-bond acceptors (Lipinski definition) is 3. The summed E-state index contributed by atoms with van der Waals surface area (Å²) >= 11 is 0. The van der Waals surface area contributed by atoms with Crippen LogP contribution in [0.2, 0.25) is 0 Å². The molecule has 17 heavy (non-hydrogen) atoms. The Morgan fingerprint density at radius 3 is 2.88 bits per heavy atom. The molecule has 0 unspecified atom stereocenters. The van der Waals surface area contributed by atoms with Crippen LogP contribution in [0.3, 0.4) is 0 Å². The first kappa shape index (κ1) is 13.7. The summed E-state index contributed by atoms with van der Waals surface area (Å²) in [6.07, 6.45) is 4.85. The molecule has 1 aromatic rings. The van der Waals surface area contributed by atoms with E-state index in [0.29, 0.717) is 13.1 Å². The zero-order valence-corrected chi connectivity index (χ0v) is 10.9. The van der Waals surface area contributed by atoms with E-state index in [2.05, 4.69) is 21.8 Å². The van der Waals surface area contributed by atoms with Gasteiger partial charge >= 0.3 is 0 Å². The van der Waals surface area contributed by atoms with E-state index >= 15 is 0 Å². The molecule has 0 aliphatic heterocycles. The van der Waals surface area contributed by atoms with E-state index in [0.717, 1.165) is 18.8 Å². The fourth-order valence-corrected chi connectivity index (χ4v) is 1.53. The first-order valence-electron chi connectivity index (χ1n) is 5.98. The number of nitrogens with one attached hydrogen (secondary N) is 1. The molecule has 0 saturated heterocycles. The van der Waals surface area contributed by atoms with Gasteiger partial charge in [-0.05, 0) is 20.3 Å². The van der Waals surface area contributed by atoms with E-state index in [1.165, 1.54) is 0 Å². The van der Waals surface area contributed by atoms with E-state index in [-0.39, 0.29) is 5.91 Å². The van der Waals surface area contributed by atoms with Gasteiger partial charge in [-0.15, -0.1) is 0 Å². The third kappa shape index (κ3) is 3.85. The van der Waals surface area contributed by atoms with E-state index < -0.39 is 5.41 Å². The summed E-state index contributed by atoms with van der Waals surface area (Å²) in [5, 5.41) is 3.22. The Kier molecular flexibility index (Phi) is 4.69. The maximum atomic E-state index is 11.1. The molecule has 1 aromatic heterocycles. The Labute approximate surface area is 102 Å². The monoisotopic (exact) mass is 238 g/mol. The molecule has 3 N–H and O–H groups in total. The molecular formula is C12H22N4O. The fraction of sp³-hybridized carbons (Fsp3) is 0.667. The van der Waals surface area contributed by atoms with Gasteiger partial charge in [0.25, 0.3) is 0 Å². The second kappa shape index (κ2) is 5.82. The van der Waals surface area contributed by atoms with Crippen molar-refractivity contribution in [3.63, 3.8) is 0 Å². The summed E-state index contributed by atoms with van der Waals surface area (Å²) < 4.78 is 2.12. The van der Waals surface area contributed by atoms with Gasteiger partial charge in [0.1, 0.15) is 5.82 Å². The largest absolute Gasteiger partial charge is 0.369 e. The molecule has 0 aromatic carbocycles. The van der Waals surface area contributed by atoms with E-state index in [1.54, 1.807) is 6.20 Å². The van der Waals surface area contributed by atoms with Gasteiger partial charge in [0.15, 0.2) is 0 Å². The highest BCUT2D eigenvalue weighted by atomic mass is 16.1. The minimum Gasteiger partial charge on any atom is -0.369 e. The van der Waals surface area contributed by atoms with Crippen molar-refractivity contribution >= 4 is 5.91 Å². The predicted octanol–water partition coefficient (Wildman–Crippen LogP) is 0.894. The van der Waals surface area contributed by atoms with Crippen molar-refractivity contribution in [2.75, 3.05) is 6.54 Å². The first-order chi connectivity index (χ1) is 7.97. The lowest BCUT2D eigenvalue weighted by Crippen LogP contribution is -2.40. The second-order valence-corrected chi connectivity index (χ2v) is 4.89. The summed E-state index contributed by atoms with van der Waals surface area (Å²) in [6.45, 7) is 7.98. The van der Waals surface area contributed by atoms with Crippen molar-refractivity contribution in [1.29, 1.82) is 0 Å². The Hall–Kier alpha value is -1.36. The van der Waals surface area contributed by atoms with Crippen molar-refractivity contribution in [3.05, 3.63) is 18.2 Å². The van der Waals surface area contributed by atoms with Crippen LogP contribution in [0.25, 0.3) is 0 Å². The molecule has 0 spiro atoms. The molecule has 96 valence electrons. The van der Waals surface area contributed by atoms with Crippen molar-refractivity contribution in [2.45, 2.75) is 40.3 Å². The highest BCUT2D eigenvalue weighted by Crippen LogP contribution is 2.12. The average molecular weight is 238 g/mol. The average Bonchev–Trinajstić information content (AvgIpc) is 2.66. The highest BCUT2D eigenvalue weighted by molar-refractivity contribution is 5.80. The van der Waals surface area contributed by atoms with Gasteiger partial charge in [-0.25, -0.2) is 4.98 Å². The van der Waals surface area contributed by atoms with Crippen LogP contribution in [0.1, 0.15) is 33.0 Å². The molecule has 0 atom stereocenters. The Balaban J connectivity index is 2.45. The summed E-state index contributed by atoms with van der Waals surface area (Å²) in [6, 6.07) is 0. The molecule has 0 saturated carbocycles. The van der Waals surface area contributed by atoms with Crippen LogP contribution in [0, 0.1) is 5.41 Å².